The molecule has 0 fully saturated rings. The van der Waals surface area contributed by atoms with E-state index in [2.05, 4.69) is 25.6 Å². The standard InChI is InChI=1S/C18H18ClN5OS/c1-3-20-16-12-7-4-5-8-13(12)23-18(24-16)26-11(2)17(25)22-14-9-6-10-21-15(14)19/h4-11H,3H2,1-2H3,(H,22,25)(H,20,23,24). The van der Waals surface area contributed by atoms with Crippen molar-refractivity contribution in [3.63, 3.8) is 0 Å². The molecule has 0 saturated heterocycles. The van der Waals surface area contributed by atoms with Crippen LogP contribution in [0.5, 0.6) is 0 Å². The summed E-state index contributed by atoms with van der Waals surface area (Å²) in [5.74, 6) is 0.579. The summed E-state index contributed by atoms with van der Waals surface area (Å²) >= 11 is 7.28. The number of halogens is 1. The first-order chi connectivity index (χ1) is 12.6. The number of anilines is 2. The second-order valence-electron chi connectivity index (χ2n) is 5.49. The Hall–Kier alpha value is -2.38. The SMILES string of the molecule is CCNc1nc(SC(C)C(=O)Nc2cccnc2Cl)nc2ccccc12. The van der Waals surface area contributed by atoms with Crippen LogP contribution in [0.3, 0.4) is 0 Å². The molecule has 2 N–H and O–H groups in total. The van der Waals surface area contributed by atoms with Gasteiger partial charge in [-0.15, -0.1) is 0 Å². The molecule has 3 aromatic rings. The molecule has 26 heavy (non-hydrogen) atoms. The molecular formula is C18H18ClN5OS. The van der Waals surface area contributed by atoms with Crippen LogP contribution in [0.25, 0.3) is 10.9 Å². The average Bonchev–Trinajstić information content (AvgIpc) is 2.64. The van der Waals surface area contributed by atoms with Crippen molar-refractivity contribution in [3.05, 3.63) is 47.7 Å². The number of hydrogen-bond donors (Lipinski definition) is 2. The number of nitrogens with zero attached hydrogens (tertiary/aromatic N) is 3. The topological polar surface area (TPSA) is 79.8 Å². The first-order valence-corrected chi connectivity index (χ1v) is 9.43. The number of rotatable bonds is 6. The van der Waals surface area contributed by atoms with E-state index in [1.54, 1.807) is 25.3 Å². The van der Waals surface area contributed by atoms with Crippen LogP contribution < -0.4 is 10.6 Å². The van der Waals surface area contributed by atoms with Gasteiger partial charge in [0.2, 0.25) is 5.91 Å². The average molecular weight is 388 g/mol. The van der Waals surface area contributed by atoms with Gasteiger partial charge in [0.1, 0.15) is 5.82 Å². The molecule has 1 atom stereocenters. The highest BCUT2D eigenvalue weighted by Gasteiger charge is 2.18. The Morgan fingerprint density at radius 2 is 2.04 bits per heavy atom. The number of hydrogen-bond acceptors (Lipinski definition) is 6. The van der Waals surface area contributed by atoms with E-state index in [1.807, 2.05) is 31.2 Å². The lowest BCUT2D eigenvalue weighted by Gasteiger charge is -2.13. The summed E-state index contributed by atoms with van der Waals surface area (Å²) < 4.78 is 0. The van der Waals surface area contributed by atoms with Gasteiger partial charge in [0, 0.05) is 18.1 Å². The van der Waals surface area contributed by atoms with Crippen LogP contribution in [-0.4, -0.2) is 32.7 Å². The van der Waals surface area contributed by atoms with Gasteiger partial charge in [-0.25, -0.2) is 15.0 Å². The summed E-state index contributed by atoms with van der Waals surface area (Å²) in [4.78, 5) is 25.5. The summed E-state index contributed by atoms with van der Waals surface area (Å²) in [6.07, 6.45) is 1.57. The fraction of sp³-hybridized carbons (Fsp3) is 0.222. The monoisotopic (exact) mass is 387 g/mol. The number of para-hydroxylation sites is 1. The zero-order valence-electron chi connectivity index (χ0n) is 14.4. The lowest BCUT2D eigenvalue weighted by molar-refractivity contribution is -0.115. The first-order valence-electron chi connectivity index (χ1n) is 8.17. The van der Waals surface area contributed by atoms with Crippen molar-refractivity contribution in [1.29, 1.82) is 0 Å². The van der Waals surface area contributed by atoms with E-state index in [0.29, 0.717) is 10.8 Å². The number of aromatic nitrogens is 3. The predicted molar refractivity (Wildman–Crippen MR) is 107 cm³/mol. The maximum Gasteiger partial charge on any atom is 0.237 e. The molecule has 2 heterocycles. The molecule has 1 unspecified atom stereocenters. The fourth-order valence-corrected chi connectivity index (χ4v) is 3.28. The third-order valence-corrected chi connectivity index (χ3v) is 4.86. The number of nitrogens with one attached hydrogen (secondary N) is 2. The second-order valence-corrected chi connectivity index (χ2v) is 7.16. The summed E-state index contributed by atoms with van der Waals surface area (Å²) in [6, 6.07) is 11.2. The Balaban J connectivity index is 1.79. The van der Waals surface area contributed by atoms with Crippen molar-refractivity contribution < 1.29 is 4.79 Å². The van der Waals surface area contributed by atoms with Crippen LogP contribution in [0.2, 0.25) is 5.15 Å². The van der Waals surface area contributed by atoms with Gasteiger partial charge in [-0.05, 0) is 38.1 Å². The predicted octanol–water partition coefficient (Wildman–Crippen LogP) is 4.23. The van der Waals surface area contributed by atoms with Gasteiger partial charge in [0.05, 0.1) is 16.5 Å². The molecule has 134 valence electrons. The molecule has 0 aliphatic heterocycles. The lowest BCUT2D eigenvalue weighted by atomic mass is 10.2. The fourth-order valence-electron chi connectivity index (χ4n) is 2.34. The number of pyridine rings is 1. The van der Waals surface area contributed by atoms with Crippen molar-refractivity contribution in [2.45, 2.75) is 24.3 Å². The molecular weight excluding hydrogens is 370 g/mol. The summed E-state index contributed by atoms with van der Waals surface area (Å²) in [5, 5.41) is 7.39. The summed E-state index contributed by atoms with van der Waals surface area (Å²) in [7, 11) is 0. The van der Waals surface area contributed by atoms with Gasteiger partial charge < -0.3 is 10.6 Å². The van der Waals surface area contributed by atoms with Crippen LogP contribution in [0.1, 0.15) is 13.8 Å². The zero-order valence-corrected chi connectivity index (χ0v) is 15.9. The maximum absolute atomic E-state index is 12.5. The molecule has 2 aromatic heterocycles. The molecule has 0 radical (unpaired) electrons. The smallest absolute Gasteiger partial charge is 0.237 e. The largest absolute Gasteiger partial charge is 0.370 e. The molecule has 0 spiro atoms. The minimum absolute atomic E-state index is 0.188. The molecule has 0 saturated carbocycles. The number of carbonyl (C=O) groups excluding carboxylic acids is 1. The van der Waals surface area contributed by atoms with Crippen molar-refractivity contribution in [1.82, 2.24) is 15.0 Å². The van der Waals surface area contributed by atoms with Gasteiger partial charge in [0.25, 0.3) is 0 Å². The second kappa shape index (κ2) is 8.33. The quantitative estimate of drug-likeness (QED) is 0.374. The van der Waals surface area contributed by atoms with Gasteiger partial charge >= 0.3 is 0 Å². The third kappa shape index (κ3) is 4.23. The molecule has 0 aliphatic carbocycles. The van der Waals surface area contributed by atoms with Crippen LogP contribution in [0.4, 0.5) is 11.5 Å². The van der Waals surface area contributed by atoms with Crippen molar-refractivity contribution in [2.24, 2.45) is 0 Å². The van der Waals surface area contributed by atoms with Gasteiger partial charge in [-0.3, -0.25) is 4.79 Å². The van der Waals surface area contributed by atoms with Gasteiger partial charge in [-0.2, -0.15) is 0 Å². The Labute approximate surface area is 160 Å². The number of thioether (sulfide) groups is 1. The van der Waals surface area contributed by atoms with E-state index in [-0.39, 0.29) is 11.1 Å². The lowest BCUT2D eigenvalue weighted by Crippen LogP contribution is -2.23. The minimum atomic E-state index is -0.401. The molecule has 0 aliphatic rings. The maximum atomic E-state index is 12.5. The molecule has 0 bridgehead atoms. The Morgan fingerprint density at radius 3 is 2.81 bits per heavy atom. The Bertz CT molecular complexity index is 936. The molecule has 8 heteroatoms. The van der Waals surface area contributed by atoms with Gasteiger partial charge in [0.15, 0.2) is 10.3 Å². The van der Waals surface area contributed by atoms with Crippen LogP contribution in [-0.2, 0) is 4.79 Å². The van der Waals surface area contributed by atoms with Crippen LogP contribution in [0, 0.1) is 0 Å². The summed E-state index contributed by atoms with van der Waals surface area (Å²) in [6.45, 7) is 4.56. The van der Waals surface area contributed by atoms with Crippen LogP contribution >= 0.6 is 23.4 Å². The third-order valence-electron chi connectivity index (χ3n) is 3.60. The van der Waals surface area contributed by atoms with E-state index in [9.17, 15) is 4.79 Å². The minimum Gasteiger partial charge on any atom is -0.370 e. The van der Waals surface area contributed by atoms with E-state index < -0.39 is 5.25 Å². The Morgan fingerprint density at radius 1 is 1.23 bits per heavy atom. The summed E-state index contributed by atoms with van der Waals surface area (Å²) in [5.41, 5.74) is 1.32. The molecule has 3 rings (SSSR count). The van der Waals surface area contributed by atoms with Gasteiger partial charge in [-0.1, -0.05) is 35.5 Å². The van der Waals surface area contributed by atoms with E-state index in [1.165, 1.54) is 11.8 Å². The first kappa shape index (κ1) is 18.4. The zero-order chi connectivity index (χ0) is 18.5. The number of carbonyl (C=O) groups is 1. The normalized spacial score (nSPS) is 12.0. The Kier molecular flexibility index (Phi) is 5.90. The highest BCUT2D eigenvalue weighted by Crippen LogP contribution is 2.27. The van der Waals surface area contributed by atoms with E-state index in [4.69, 9.17) is 11.6 Å². The van der Waals surface area contributed by atoms with Crippen molar-refractivity contribution >= 4 is 51.7 Å². The number of fused-ring (bicyclic) bond motifs is 1. The molecule has 6 nitrogen and oxygen atoms in total. The number of amides is 1. The van der Waals surface area contributed by atoms with E-state index >= 15 is 0 Å². The highest BCUT2D eigenvalue weighted by molar-refractivity contribution is 8.00. The molecule has 1 aromatic carbocycles. The van der Waals surface area contributed by atoms with Crippen LogP contribution in [0.15, 0.2) is 47.8 Å². The highest BCUT2D eigenvalue weighted by atomic mass is 35.5. The van der Waals surface area contributed by atoms with Crippen molar-refractivity contribution in [2.75, 3.05) is 17.2 Å². The van der Waals surface area contributed by atoms with Crippen molar-refractivity contribution in [3.8, 4) is 0 Å². The molecule has 1 amide bonds. The number of benzene rings is 1. The van der Waals surface area contributed by atoms with E-state index in [0.717, 1.165) is 23.3 Å².